The van der Waals surface area contributed by atoms with Gasteiger partial charge in [-0.15, -0.1) is 0 Å². The van der Waals surface area contributed by atoms with Crippen LogP contribution in [0.4, 0.5) is 0 Å². The molecule has 0 unspecified atom stereocenters. The van der Waals surface area contributed by atoms with Crippen LogP contribution in [0.5, 0.6) is 0 Å². The summed E-state index contributed by atoms with van der Waals surface area (Å²) in [5.74, 6) is 0.707. The predicted octanol–water partition coefficient (Wildman–Crippen LogP) is 2.97. The molecule has 0 radical (unpaired) electrons. The molecule has 0 atom stereocenters. The molecule has 0 aliphatic rings. The van der Waals surface area contributed by atoms with Crippen LogP contribution in [0, 0.1) is 0 Å². The lowest BCUT2D eigenvalue weighted by molar-refractivity contribution is 0.0752. The molecule has 1 amide bonds. The number of fused-ring (bicyclic) bond motifs is 1. The molecule has 4 rings (SSSR count). The summed E-state index contributed by atoms with van der Waals surface area (Å²) in [5.41, 5.74) is 7.91. The smallest absolute Gasteiger partial charge is 0.278 e. The monoisotopic (exact) mass is 443 g/mol. The fraction of sp³-hybridized carbons (Fsp3) is 0.269. The number of aryl methyl sites for hydroxylation is 1. The van der Waals surface area contributed by atoms with E-state index in [0.717, 1.165) is 12.0 Å². The maximum absolute atomic E-state index is 13.2. The van der Waals surface area contributed by atoms with E-state index in [-0.39, 0.29) is 11.5 Å². The highest BCUT2D eigenvalue weighted by Gasteiger charge is 2.16. The zero-order valence-electron chi connectivity index (χ0n) is 18.6. The largest absolute Gasteiger partial charge is 0.339 e. The lowest BCUT2D eigenvalue weighted by Gasteiger charge is -2.23. The predicted molar refractivity (Wildman–Crippen MR) is 129 cm³/mol. The lowest BCUT2D eigenvalue weighted by Crippen LogP contribution is -2.34. The van der Waals surface area contributed by atoms with Crippen molar-refractivity contribution in [3.63, 3.8) is 0 Å². The topological polar surface area (TPSA) is 85.6 Å². The van der Waals surface area contributed by atoms with Crippen molar-refractivity contribution in [2.45, 2.75) is 25.8 Å². The number of carbonyl (C=O) groups excluding carboxylic acids is 1. The van der Waals surface area contributed by atoms with E-state index in [1.807, 2.05) is 71.6 Å². The van der Waals surface area contributed by atoms with Crippen LogP contribution in [-0.2, 0) is 13.0 Å². The number of benzene rings is 2. The van der Waals surface area contributed by atoms with E-state index in [9.17, 15) is 9.59 Å². The zero-order valence-corrected chi connectivity index (χ0v) is 18.6. The van der Waals surface area contributed by atoms with Crippen LogP contribution in [0.1, 0.15) is 34.6 Å². The Morgan fingerprint density at radius 2 is 1.61 bits per heavy atom. The van der Waals surface area contributed by atoms with E-state index in [0.29, 0.717) is 55.9 Å². The minimum Gasteiger partial charge on any atom is -0.339 e. The van der Waals surface area contributed by atoms with E-state index < -0.39 is 0 Å². The standard InChI is InChI=1S/C26H29N5O2/c27-16-9-18-29(25(32)22-12-5-2-6-13-22)17-8-15-24-28-31-19-7-14-23(31)26(33)30(24)20-21-10-3-1-4-11-21/h1-7,10-14,19H,8-9,15-18,20,27H2. The zero-order chi connectivity index (χ0) is 23.0. The number of hydrogen-bond acceptors (Lipinski definition) is 4. The molecule has 2 N–H and O–H groups in total. The molecule has 4 aromatic rings. The first-order chi connectivity index (χ1) is 16.2. The molecule has 7 heteroatoms. The minimum atomic E-state index is -0.0609. The van der Waals surface area contributed by atoms with Crippen molar-refractivity contribution >= 4 is 11.4 Å². The maximum Gasteiger partial charge on any atom is 0.278 e. The highest BCUT2D eigenvalue weighted by atomic mass is 16.2. The first-order valence-electron chi connectivity index (χ1n) is 11.3. The molecule has 0 bridgehead atoms. The SMILES string of the molecule is NCCCN(CCCc1nn2cccc2c(=O)n1Cc1ccccc1)C(=O)c1ccccc1. The van der Waals surface area contributed by atoms with Gasteiger partial charge in [0.25, 0.3) is 11.5 Å². The van der Waals surface area contributed by atoms with Crippen LogP contribution in [0.25, 0.3) is 5.52 Å². The van der Waals surface area contributed by atoms with Gasteiger partial charge >= 0.3 is 0 Å². The van der Waals surface area contributed by atoms with Gasteiger partial charge in [-0.1, -0.05) is 48.5 Å². The Morgan fingerprint density at radius 3 is 2.33 bits per heavy atom. The van der Waals surface area contributed by atoms with Gasteiger partial charge in [-0.2, -0.15) is 5.10 Å². The number of amides is 1. The second-order valence-electron chi connectivity index (χ2n) is 8.04. The third-order valence-corrected chi connectivity index (χ3v) is 5.68. The molecule has 0 saturated heterocycles. The number of rotatable bonds is 10. The summed E-state index contributed by atoms with van der Waals surface area (Å²) in [4.78, 5) is 28.0. The summed E-state index contributed by atoms with van der Waals surface area (Å²) in [6, 6.07) is 22.8. The number of nitrogens with zero attached hydrogens (tertiary/aromatic N) is 4. The summed E-state index contributed by atoms with van der Waals surface area (Å²) in [5, 5.41) is 4.71. The van der Waals surface area contributed by atoms with Gasteiger partial charge in [0.2, 0.25) is 0 Å². The van der Waals surface area contributed by atoms with Crippen LogP contribution in [-0.4, -0.2) is 44.6 Å². The number of hydrogen-bond donors (Lipinski definition) is 1. The summed E-state index contributed by atoms with van der Waals surface area (Å²) in [6.07, 6.45) is 3.80. The Kier molecular flexibility index (Phi) is 7.32. The minimum absolute atomic E-state index is 0.000420. The molecule has 0 aliphatic carbocycles. The molecule has 0 saturated carbocycles. The Labute approximate surface area is 193 Å². The Balaban J connectivity index is 1.54. The van der Waals surface area contributed by atoms with E-state index in [1.165, 1.54) is 0 Å². The van der Waals surface area contributed by atoms with Crippen molar-refractivity contribution in [2.75, 3.05) is 19.6 Å². The van der Waals surface area contributed by atoms with E-state index in [4.69, 9.17) is 10.8 Å². The van der Waals surface area contributed by atoms with E-state index in [1.54, 1.807) is 21.3 Å². The summed E-state index contributed by atoms with van der Waals surface area (Å²) in [7, 11) is 0. The molecule has 0 fully saturated rings. The molecule has 0 spiro atoms. The van der Waals surface area contributed by atoms with Gasteiger partial charge in [0.1, 0.15) is 11.3 Å². The Morgan fingerprint density at radius 1 is 0.909 bits per heavy atom. The molecule has 170 valence electrons. The molecular formula is C26H29N5O2. The first-order valence-corrected chi connectivity index (χ1v) is 11.3. The molecule has 7 nitrogen and oxygen atoms in total. The van der Waals surface area contributed by atoms with Crippen LogP contribution < -0.4 is 11.3 Å². The first kappa shape index (κ1) is 22.5. The lowest BCUT2D eigenvalue weighted by atomic mass is 10.1. The Bertz CT molecular complexity index is 1250. The van der Waals surface area contributed by atoms with Crippen LogP contribution in [0.2, 0.25) is 0 Å². The van der Waals surface area contributed by atoms with Crippen LogP contribution in [0.15, 0.2) is 83.8 Å². The summed E-state index contributed by atoms with van der Waals surface area (Å²) in [6.45, 7) is 2.16. The number of aromatic nitrogens is 3. The summed E-state index contributed by atoms with van der Waals surface area (Å²) >= 11 is 0. The normalized spacial score (nSPS) is 11.1. The Hall–Kier alpha value is -3.71. The van der Waals surface area contributed by atoms with Crippen molar-refractivity contribution in [3.8, 4) is 0 Å². The quantitative estimate of drug-likeness (QED) is 0.408. The third-order valence-electron chi connectivity index (χ3n) is 5.68. The van der Waals surface area contributed by atoms with Crippen molar-refractivity contribution in [3.05, 3.63) is 106 Å². The van der Waals surface area contributed by atoms with Crippen molar-refractivity contribution in [2.24, 2.45) is 5.73 Å². The summed E-state index contributed by atoms with van der Waals surface area (Å²) < 4.78 is 3.38. The second kappa shape index (κ2) is 10.7. The van der Waals surface area contributed by atoms with Crippen molar-refractivity contribution in [1.82, 2.24) is 19.1 Å². The molecule has 33 heavy (non-hydrogen) atoms. The van der Waals surface area contributed by atoms with Gasteiger partial charge in [-0.05, 0) is 49.2 Å². The maximum atomic E-state index is 13.2. The fourth-order valence-corrected chi connectivity index (χ4v) is 3.97. The number of carbonyl (C=O) groups is 1. The number of nitrogens with two attached hydrogens (primary N) is 1. The van der Waals surface area contributed by atoms with Gasteiger partial charge in [0.15, 0.2) is 0 Å². The fourth-order valence-electron chi connectivity index (χ4n) is 3.97. The van der Waals surface area contributed by atoms with Gasteiger partial charge in [0.05, 0.1) is 6.54 Å². The van der Waals surface area contributed by atoms with E-state index >= 15 is 0 Å². The van der Waals surface area contributed by atoms with Gasteiger partial charge in [-0.3, -0.25) is 14.2 Å². The average Bonchev–Trinajstić information content (AvgIpc) is 3.33. The van der Waals surface area contributed by atoms with Crippen LogP contribution >= 0.6 is 0 Å². The highest BCUT2D eigenvalue weighted by Crippen LogP contribution is 2.10. The van der Waals surface area contributed by atoms with Crippen molar-refractivity contribution < 1.29 is 4.79 Å². The second-order valence-corrected chi connectivity index (χ2v) is 8.04. The highest BCUT2D eigenvalue weighted by molar-refractivity contribution is 5.94. The molecule has 2 aromatic carbocycles. The molecule has 2 heterocycles. The van der Waals surface area contributed by atoms with Gasteiger partial charge in [0, 0.05) is 31.3 Å². The molecular weight excluding hydrogens is 414 g/mol. The van der Waals surface area contributed by atoms with Crippen LogP contribution in [0.3, 0.4) is 0 Å². The van der Waals surface area contributed by atoms with Crippen molar-refractivity contribution in [1.29, 1.82) is 0 Å². The molecule has 0 aliphatic heterocycles. The molecule has 2 aromatic heterocycles. The van der Waals surface area contributed by atoms with Gasteiger partial charge in [-0.25, -0.2) is 4.52 Å². The third kappa shape index (κ3) is 5.38. The average molecular weight is 444 g/mol. The van der Waals surface area contributed by atoms with Gasteiger partial charge < -0.3 is 10.6 Å². The van der Waals surface area contributed by atoms with E-state index in [2.05, 4.69) is 0 Å².